The molecule has 1 amide bonds. The Morgan fingerprint density at radius 1 is 1.26 bits per heavy atom. The lowest BCUT2D eigenvalue weighted by Gasteiger charge is -2.11. The maximum Gasteiger partial charge on any atom is 0.303 e. The molecule has 0 aliphatic heterocycles. The van der Waals surface area contributed by atoms with Crippen LogP contribution in [0.5, 0.6) is 0 Å². The van der Waals surface area contributed by atoms with Crippen LogP contribution in [-0.4, -0.2) is 23.5 Å². The molecule has 0 saturated carbocycles. The molecule has 4 heteroatoms. The van der Waals surface area contributed by atoms with Crippen LogP contribution >= 0.6 is 0 Å². The molecule has 0 aromatic heterocycles. The third kappa shape index (κ3) is 5.55. The molecule has 1 unspecified atom stereocenters. The summed E-state index contributed by atoms with van der Waals surface area (Å²) >= 11 is 0. The zero-order valence-electron chi connectivity index (χ0n) is 11.5. The van der Waals surface area contributed by atoms with Gasteiger partial charge < -0.3 is 10.4 Å². The molecule has 1 aromatic carbocycles. The van der Waals surface area contributed by atoms with Crippen LogP contribution in [0.4, 0.5) is 0 Å². The van der Waals surface area contributed by atoms with Crippen molar-refractivity contribution in [2.24, 2.45) is 5.92 Å². The zero-order chi connectivity index (χ0) is 14.3. The van der Waals surface area contributed by atoms with Crippen LogP contribution < -0.4 is 5.32 Å². The number of rotatable bonds is 7. The average molecular weight is 263 g/mol. The number of carbonyl (C=O) groups excluding carboxylic acids is 1. The molecule has 19 heavy (non-hydrogen) atoms. The summed E-state index contributed by atoms with van der Waals surface area (Å²) < 4.78 is 0. The molecule has 0 saturated heterocycles. The summed E-state index contributed by atoms with van der Waals surface area (Å²) in [6.07, 6.45) is 1.67. The highest BCUT2D eigenvalue weighted by atomic mass is 16.4. The van der Waals surface area contributed by atoms with Crippen molar-refractivity contribution in [1.82, 2.24) is 5.32 Å². The molecule has 0 spiro atoms. The van der Waals surface area contributed by atoms with Gasteiger partial charge >= 0.3 is 5.97 Å². The fraction of sp³-hybridized carbons (Fsp3) is 0.467. The normalized spacial score (nSPS) is 11.9. The monoisotopic (exact) mass is 263 g/mol. The largest absolute Gasteiger partial charge is 0.481 e. The standard InChI is InChI=1S/C15H21NO3/c1-3-12-5-7-13(8-6-12)15(19)16-10-11(2)4-9-14(17)18/h5-8,11H,3-4,9-10H2,1-2H3,(H,16,19)(H,17,18). The van der Waals surface area contributed by atoms with Gasteiger partial charge in [-0.3, -0.25) is 9.59 Å². The summed E-state index contributed by atoms with van der Waals surface area (Å²) in [5.41, 5.74) is 1.84. The number of benzene rings is 1. The summed E-state index contributed by atoms with van der Waals surface area (Å²) in [5.74, 6) is -0.742. The number of amides is 1. The van der Waals surface area contributed by atoms with Gasteiger partial charge in [0.25, 0.3) is 5.91 Å². The van der Waals surface area contributed by atoms with E-state index < -0.39 is 5.97 Å². The molecular weight excluding hydrogens is 242 g/mol. The molecular formula is C15H21NO3. The van der Waals surface area contributed by atoms with Gasteiger partial charge in [-0.2, -0.15) is 0 Å². The second-order valence-electron chi connectivity index (χ2n) is 4.80. The number of carbonyl (C=O) groups is 2. The van der Waals surface area contributed by atoms with Gasteiger partial charge in [0.1, 0.15) is 0 Å². The van der Waals surface area contributed by atoms with Gasteiger partial charge in [0.15, 0.2) is 0 Å². The third-order valence-electron chi connectivity index (χ3n) is 3.09. The van der Waals surface area contributed by atoms with E-state index in [4.69, 9.17) is 5.11 Å². The molecule has 0 aliphatic carbocycles. The molecule has 104 valence electrons. The number of carboxylic acid groups (broad SMARTS) is 1. The lowest BCUT2D eigenvalue weighted by molar-refractivity contribution is -0.137. The molecule has 1 rings (SSSR count). The minimum atomic E-state index is -0.798. The number of aryl methyl sites for hydroxylation is 1. The van der Waals surface area contributed by atoms with Crippen molar-refractivity contribution in [1.29, 1.82) is 0 Å². The minimum absolute atomic E-state index is 0.107. The average Bonchev–Trinajstić information content (AvgIpc) is 2.42. The lowest BCUT2D eigenvalue weighted by Crippen LogP contribution is -2.28. The van der Waals surface area contributed by atoms with Gasteiger partial charge in [0.2, 0.25) is 0 Å². The topological polar surface area (TPSA) is 66.4 Å². The Labute approximate surface area is 113 Å². The predicted octanol–water partition coefficient (Wildman–Crippen LogP) is 2.48. The first kappa shape index (κ1) is 15.2. The van der Waals surface area contributed by atoms with Crippen molar-refractivity contribution in [2.45, 2.75) is 33.1 Å². The first-order valence-corrected chi connectivity index (χ1v) is 6.61. The van der Waals surface area contributed by atoms with E-state index in [0.717, 1.165) is 6.42 Å². The van der Waals surface area contributed by atoms with Crippen molar-refractivity contribution in [3.8, 4) is 0 Å². The molecule has 0 fully saturated rings. The Morgan fingerprint density at radius 2 is 1.89 bits per heavy atom. The van der Waals surface area contributed by atoms with Crippen molar-refractivity contribution >= 4 is 11.9 Å². The summed E-state index contributed by atoms with van der Waals surface area (Å²) in [5, 5.41) is 11.4. The van der Waals surface area contributed by atoms with Gasteiger partial charge in [-0.15, -0.1) is 0 Å². The van der Waals surface area contributed by atoms with Crippen LogP contribution in [0.3, 0.4) is 0 Å². The van der Waals surface area contributed by atoms with E-state index in [9.17, 15) is 9.59 Å². The van der Waals surface area contributed by atoms with Crippen molar-refractivity contribution < 1.29 is 14.7 Å². The molecule has 0 heterocycles. The lowest BCUT2D eigenvalue weighted by atomic mass is 10.1. The molecule has 0 radical (unpaired) electrons. The van der Waals surface area contributed by atoms with Crippen molar-refractivity contribution in [2.75, 3.05) is 6.54 Å². The first-order chi connectivity index (χ1) is 9.02. The smallest absolute Gasteiger partial charge is 0.303 e. The molecule has 0 aliphatic rings. The Hall–Kier alpha value is -1.84. The minimum Gasteiger partial charge on any atom is -0.481 e. The van der Waals surface area contributed by atoms with E-state index in [1.54, 1.807) is 0 Å². The predicted molar refractivity (Wildman–Crippen MR) is 74.2 cm³/mol. The van der Waals surface area contributed by atoms with Crippen LogP contribution in [0, 0.1) is 5.92 Å². The van der Waals surface area contributed by atoms with Gasteiger partial charge in [-0.05, 0) is 36.5 Å². The van der Waals surface area contributed by atoms with E-state index in [2.05, 4.69) is 12.2 Å². The Balaban J connectivity index is 2.39. The maximum atomic E-state index is 11.9. The van der Waals surface area contributed by atoms with Gasteiger partial charge in [0.05, 0.1) is 0 Å². The van der Waals surface area contributed by atoms with Crippen LogP contribution in [0.25, 0.3) is 0 Å². The molecule has 2 N–H and O–H groups in total. The van der Waals surface area contributed by atoms with E-state index in [-0.39, 0.29) is 18.2 Å². The highest BCUT2D eigenvalue weighted by Gasteiger charge is 2.09. The number of hydrogen-bond acceptors (Lipinski definition) is 2. The van der Waals surface area contributed by atoms with E-state index in [1.807, 2.05) is 31.2 Å². The third-order valence-corrected chi connectivity index (χ3v) is 3.09. The summed E-state index contributed by atoms with van der Waals surface area (Å²) in [4.78, 5) is 22.3. The Morgan fingerprint density at radius 3 is 2.42 bits per heavy atom. The maximum absolute atomic E-state index is 11.9. The van der Waals surface area contributed by atoms with Crippen LogP contribution in [0.15, 0.2) is 24.3 Å². The highest BCUT2D eigenvalue weighted by Crippen LogP contribution is 2.07. The molecule has 4 nitrogen and oxygen atoms in total. The number of nitrogens with one attached hydrogen (secondary N) is 1. The van der Waals surface area contributed by atoms with Crippen molar-refractivity contribution in [3.63, 3.8) is 0 Å². The van der Waals surface area contributed by atoms with Gasteiger partial charge in [0, 0.05) is 18.5 Å². The Kier molecular flexibility index (Phi) is 6.06. The van der Waals surface area contributed by atoms with Crippen molar-refractivity contribution in [3.05, 3.63) is 35.4 Å². The highest BCUT2D eigenvalue weighted by molar-refractivity contribution is 5.94. The van der Waals surface area contributed by atoms with Gasteiger partial charge in [-0.25, -0.2) is 0 Å². The second-order valence-corrected chi connectivity index (χ2v) is 4.80. The first-order valence-electron chi connectivity index (χ1n) is 6.61. The van der Waals surface area contributed by atoms with Crippen LogP contribution in [0.1, 0.15) is 42.6 Å². The summed E-state index contributed by atoms with van der Waals surface area (Å²) in [6.45, 7) is 4.50. The number of aliphatic carboxylic acids is 1. The van der Waals surface area contributed by atoms with Gasteiger partial charge in [-0.1, -0.05) is 26.0 Å². The number of hydrogen-bond donors (Lipinski definition) is 2. The zero-order valence-corrected chi connectivity index (χ0v) is 11.5. The molecule has 0 bridgehead atoms. The van der Waals surface area contributed by atoms with Crippen LogP contribution in [-0.2, 0) is 11.2 Å². The SMILES string of the molecule is CCc1ccc(C(=O)NCC(C)CCC(=O)O)cc1. The quantitative estimate of drug-likeness (QED) is 0.794. The van der Waals surface area contributed by atoms with E-state index in [0.29, 0.717) is 18.5 Å². The summed E-state index contributed by atoms with van der Waals surface area (Å²) in [6, 6.07) is 7.53. The number of carboxylic acids is 1. The second kappa shape index (κ2) is 7.56. The Bertz CT molecular complexity index is 426. The van der Waals surface area contributed by atoms with E-state index >= 15 is 0 Å². The molecule has 1 atom stereocenters. The molecule has 1 aromatic rings. The summed E-state index contributed by atoms with van der Waals surface area (Å²) in [7, 11) is 0. The van der Waals surface area contributed by atoms with E-state index in [1.165, 1.54) is 5.56 Å². The fourth-order valence-corrected chi connectivity index (χ4v) is 1.73. The van der Waals surface area contributed by atoms with Crippen LogP contribution in [0.2, 0.25) is 0 Å². The fourth-order valence-electron chi connectivity index (χ4n) is 1.73.